The van der Waals surface area contributed by atoms with Crippen LogP contribution in [0.1, 0.15) is 12.0 Å². The third-order valence-electron chi connectivity index (χ3n) is 1.90. The molecule has 1 N–H and O–H groups in total. The van der Waals surface area contributed by atoms with Crippen LogP contribution in [-0.4, -0.2) is 28.8 Å². The SMILES string of the molecule is CNC(C#N)CCSc1ncc(C)cn1. The van der Waals surface area contributed by atoms with E-state index in [4.69, 9.17) is 5.26 Å². The molecule has 1 heterocycles. The molecular formula is C10H14N4S. The van der Waals surface area contributed by atoms with Crippen molar-refractivity contribution in [3.63, 3.8) is 0 Å². The summed E-state index contributed by atoms with van der Waals surface area (Å²) >= 11 is 1.57. The first-order valence-corrected chi connectivity index (χ1v) is 5.73. The molecule has 0 spiro atoms. The molecule has 0 bridgehead atoms. The van der Waals surface area contributed by atoms with Crippen molar-refractivity contribution in [3.05, 3.63) is 18.0 Å². The Morgan fingerprint density at radius 3 is 2.73 bits per heavy atom. The number of rotatable bonds is 5. The van der Waals surface area contributed by atoms with Crippen LogP contribution in [0.4, 0.5) is 0 Å². The molecule has 80 valence electrons. The highest BCUT2D eigenvalue weighted by atomic mass is 32.2. The van der Waals surface area contributed by atoms with Gasteiger partial charge >= 0.3 is 0 Å². The van der Waals surface area contributed by atoms with Gasteiger partial charge in [-0.15, -0.1) is 0 Å². The summed E-state index contributed by atoms with van der Waals surface area (Å²) in [7, 11) is 1.79. The molecule has 0 fully saturated rings. The Morgan fingerprint density at radius 1 is 1.53 bits per heavy atom. The van der Waals surface area contributed by atoms with E-state index in [1.807, 2.05) is 6.92 Å². The average molecular weight is 222 g/mol. The molecule has 1 unspecified atom stereocenters. The maximum absolute atomic E-state index is 8.71. The van der Waals surface area contributed by atoms with E-state index in [1.54, 1.807) is 31.2 Å². The van der Waals surface area contributed by atoms with E-state index in [2.05, 4.69) is 21.4 Å². The van der Waals surface area contributed by atoms with E-state index < -0.39 is 0 Å². The van der Waals surface area contributed by atoms with Crippen molar-refractivity contribution in [1.29, 1.82) is 5.26 Å². The second kappa shape index (κ2) is 6.38. The Bertz CT molecular complexity index is 330. The Balaban J connectivity index is 2.32. The smallest absolute Gasteiger partial charge is 0.187 e. The summed E-state index contributed by atoms with van der Waals surface area (Å²) in [6.07, 6.45) is 4.40. The molecule has 0 aliphatic heterocycles. The second-order valence-electron chi connectivity index (χ2n) is 3.15. The molecule has 4 nitrogen and oxygen atoms in total. The van der Waals surface area contributed by atoms with E-state index >= 15 is 0 Å². The van der Waals surface area contributed by atoms with E-state index in [0.29, 0.717) is 0 Å². The zero-order chi connectivity index (χ0) is 11.1. The van der Waals surface area contributed by atoms with Crippen LogP contribution in [0.25, 0.3) is 0 Å². The minimum absolute atomic E-state index is 0.0806. The zero-order valence-corrected chi connectivity index (χ0v) is 9.71. The van der Waals surface area contributed by atoms with Crippen LogP contribution in [0, 0.1) is 18.3 Å². The van der Waals surface area contributed by atoms with Crippen LogP contribution >= 0.6 is 11.8 Å². The highest BCUT2D eigenvalue weighted by Crippen LogP contribution is 2.13. The van der Waals surface area contributed by atoms with Crippen molar-refractivity contribution in [1.82, 2.24) is 15.3 Å². The van der Waals surface area contributed by atoms with E-state index in [9.17, 15) is 0 Å². The molecule has 1 rings (SSSR count). The number of aryl methyl sites for hydroxylation is 1. The molecule has 0 radical (unpaired) electrons. The lowest BCUT2D eigenvalue weighted by Gasteiger charge is -2.05. The number of nitriles is 1. The van der Waals surface area contributed by atoms with Gasteiger partial charge in [-0.25, -0.2) is 9.97 Å². The van der Waals surface area contributed by atoms with Gasteiger partial charge in [0, 0.05) is 18.1 Å². The molecule has 0 amide bonds. The van der Waals surface area contributed by atoms with Crippen LogP contribution in [0.5, 0.6) is 0 Å². The Morgan fingerprint density at radius 2 is 2.20 bits per heavy atom. The van der Waals surface area contributed by atoms with Gasteiger partial charge in [-0.2, -0.15) is 5.26 Å². The largest absolute Gasteiger partial charge is 0.305 e. The molecule has 1 aromatic heterocycles. The maximum Gasteiger partial charge on any atom is 0.187 e. The van der Waals surface area contributed by atoms with Gasteiger partial charge in [-0.1, -0.05) is 11.8 Å². The van der Waals surface area contributed by atoms with Crippen molar-refractivity contribution in [3.8, 4) is 6.07 Å². The van der Waals surface area contributed by atoms with Crippen molar-refractivity contribution in [2.45, 2.75) is 24.5 Å². The van der Waals surface area contributed by atoms with Crippen LogP contribution in [0.15, 0.2) is 17.6 Å². The number of hydrogen-bond donors (Lipinski definition) is 1. The molecule has 0 saturated carbocycles. The van der Waals surface area contributed by atoms with Crippen molar-refractivity contribution < 1.29 is 0 Å². The number of thioether (sulfide) groups is 1. The molecule has 0 aliphatic carbocycles. The summed E-state index contributed by atoms with van der Waals surface area (Å²) in [5.41, 5.74) is 1.06. The van der Waals surface area contributed by atoms with Gasteiger partial charge < -0.3 is 5.32 Å². The van der Waals surface area contributed by atoms with Gasteiger partial charge in [0.25, 0.3) is 0 Å². The fraction of sp³-hybridized carbons (Fsp3) is 0.500. The molecule has 0 saturated heterocycles. The average Bonchev–Trinajstić information content (AvgIpc) is 2.27. The lowest BCUT2D eigenvalue weighted by molar-refractivity contribution is 0.663. The number of nitrogens with zero attached hydrogens (tertiary/aromatic N) is 3. The Hall–Kier alpha value is -1.12. The monoisotopic (exact) mass is 222 g/mol. The lowest BCUT2D eigenvalue weighted by Crippen LogP contribution is -2.23. The van der Waals surface area contributed by atoms with E-state index in [0.717, 1.165) is 22.9 Å². The van der Waals surface area contributed by atoms with E-state index in [-0.39, 0.29) is 6.04 Å². The topological polar surface area (TPSA) is 61.6 Å². The number of aromatic nitrogens is 2. The molecular weight excluding hydrogens is 208 g/mol. The summed E-state index contributed by atoms with van der Waals surface area (Å²) in [6.45, 7) is 1.96. The molecule has 0 aliphatic rings. The van der Waals surface area contributed by atoms with Gasteiger partial charge in [0.05, 0.1) is 12.1 Å². The first-order valence-electron chi connectivity index (χ1n) is 4.74. The molecule has 5 heteroatoms. The van der Waals surface area contributed by atoms with Gasteiger partial charge in [-0.3, -0.25) is 0 Å². The summed E-state index contributed by atoms with van der Waals surface area (Å²) in [5.74, 6) is 0.849. The van der Waals surface area contributed by atoms with Crippen LogP contribution in [0.2, 0.25) is 0 Å². The summed E-state index contributed by atoms with van der Waals surface area (Å²) in [6, 6.07) is 2.10. The molecule has 1 atom stereocenters. The fourth-order valence-electron chi connectivity index (χ4n) is 0.997. The van der Waals surface area contributed by atoms with Crippen LogP contribution in [0.3, 0.4) is 0 Å². The molecule has 1 aromatic rings. The third kappa shape index (κ3) is 4.28. The highest BCUT2D eigenvalue weighted by Gasteiger charge is 2.04. The quantitative estimate of drug-likeness (QED) is 0.602. The Kier molecular flexibility index (Phi) is 5.08. The van der Waals surface area contributed by atoms with Gasteiger partial charge in [0.15, 0.2) is 5.16 Å². The number of hydrogen-bond acceptors (Lipinski definition) is 5. The first-order chi connectivity index (χ1) is 7.26. The van der Waals surface area contributed by atoms with Crippen molar-refractivity contribution in [2.24, 2.45) is 0 Å². The predicted molar refractivity (Wildman–Crippen MR) is 60.6 cm³/mol. The fourth-order valence-corrected chi connectivity index (χ4v) is 1.79. The van der Waals surface area contributed by atoms with E-state index in [1.165, 1.54) is 0 Å². The van der Waals surface area contributed by atoms with Crippen molar-refractivity contribution in [2.75, 3.05) is 12.8 Å². The van der Waals surface area contributed by atoms with Gasteiger partial charge in [0.1, 0.15) is 0 Å². The normalized spacial score (nSPS) is 12.1. The van der Waals surface area contributed by atoms with Crippen LogP contribution in [-0.2, 0) is 0 Å². The van der Waals surface area contributed by atoms with Gasteiger partial charge in [-0.05, 0) is 26.0 Å². The standard InChI is InChI=1S/C10H14N4S/c1-8-6-13-10(14-7-8)15-4-3-9(5-11)12-2/h6-7,9,12H,3-4H2,1-2H3. The van der Waals surface area contributed by atoms with Crippen molar-refractivity contribution >= 4 is 11.8 Å². The minimum Gasteiger partial charge on any atom is -0.305 e. The summed E-state index contributed by atoms with van der Waals surface area (Å²) in [5, 5.41) is 12.4. The molecule has 15 heavy (non-hydrogen) atoms. The third-order valence-corrected chi connectivity index (χ3v) is 2.81. The minimum atomic E-state index is -0.0806. The number of nitrogens with one attached hydrogen (secondary N) is 1. The Labute approximate surface area is 94.1 Å². The summed E-state index contributed by atoms with van der Waals surface area (Å²) in [4.78, 5) is 8.35. The second-order valence-corrected chi connectivity index (χ2v) is 4.21. The van der Waals surface area contributed by atoms with Gasteiger partial charge in [0.2, 0.25) is 0 Å². The lowest BCUT2D eigenvalue weighted by atomic mass is 10.3. The molecule has 0 aromatic carbocycles. The highest BCUT2D eigenvalue weighted by molar-refractivity contribution is 7.99. The van der Waals surface area contributed by atoms with Crippen LogP contribution < -0.4 is 5.32 Å². The maximum atomic E-state index is 8.71. The predicted octanol–water partition coefficient (Wildman–Crippen LogP) is 1.38. The first kappa shape index (κ1) is 12.0. The summed E-state index contributed by atoms with van der Waals surface area (Å²) < 4.78 is 0. The zero-order valence-electron chi connectivity index (χ0n) is 8.90.